The minimum Gasteiger partial charge on any atom is -0.472 e. The number of aromatic nitrogens is 6. The molecule has 2 aromatic carbocycles. The molecular formula is C18H14BrClN6O2. The Morgan fingerprint density at radius 2 is 2.04 bits per heavy atom. The molecule has 2 heterocycles. The van der Waals surface area contributed by atoms with Gasteiger partial charge in [-0.15, -0.1) is 5.10 Å². The predicted octanol–water partition coefficient (Wildman–Crippen LogP) is 3.15. The largest absolute Gasteiger partial charge is 0.472 e. The fourth-order valence-corrected chi connectivity index (χ4v) is 2.95. The second kappa shape index (κ2) is 7.61. The summed E-state index contributed by atoms with van der Waals surface area (Å²) in [6, 6.07) is 12.8. The SMILES string of the molecule is [2H]C([2H])(Oc1ccn(-c2ccc(Cl)cc2)n1)c1c(Br)cccc1-n1nnn(C([2H])([2H])[2H])c1=O. The Labute approximate surface area is 180 Å². The van der Waals surface area contributed by atoms with E-state index in [9.17, 15) is 4.79 Å². The van der Waals surface area contributed by atoms with Crippen molar-refractivity contribution in [3.63, 3.8) is 0 Å². The van der Waals surface area contributed by atoms with Crippen molar-refractivity contribution >= 4 is 27.5 Å². The van der Waals surface area contributed by atoms with E-state index in [-0.39, 0.29) is 26.3 Å². The molecule has 0 fully saturated rings. The van der Waals surface area contributed by atoms with Gasteiger partial charge in [0.05, 0.1) is 14.1 Å². The van der Waals surface area contributed by atoms with Gasteiger partial charge >= 0.3 is 5.69 Å². The smallest absolute Gasteiger partial charge is 0.368 e. The van der Waals surface area contributed by atoms with E-state index in [4.69, 9.17) is 23.2 Å². The fourth-order valence-electron chi connectivity index (χ4n) is 2.39. The Balaban J connectivity index is 1.72. The average molecular weight is 467 g/mol. The van der Waals surface area contributed by atoms with E-state index in [2.05, 4.69) is 31.5 Å². The van der Waals surface area contributed by atoms with Crippen molar-refractivity contribution in [3.8, 4) is 17.3 Å². The average Bonchev–Trinajstić information content (AvgIpc) is 3.34. The summed E-state index contributed by atoms with van der Waals surface area (Å²) in [5.74, 6) is -0.0323. The molecule has 4 aromatic rings. The molecule has 0 radical (unpaired) electrons. The van der Waals surface area contributed by atoms with Crippen LogP contribution in [0.15, 0.2) is 64.0 Å². The zero-order chi connectivity index (χ0) is 24.0. The van der Waals surface area contributed by atoms with Crippen molar-refractivity contribution in [2.24, 2.45) is 6.98 Å². The molecule has 0 amide bonds. The van der Waals surface area contributed by atoms with E-state index in [0.29, 0.717) is 15.4 Å². The molecule has 28 heavy (non-hydrogen) atoms. The molecule has 142 valence electrons. The highest BCUT2D eigenvalue weighted by molar-refractivity contribution is 9.10. The van der Waals surface area contributed by atoms with Crippen LogP contribution >= 0.6 is 27.5 Å². The first-order chi connectivity index (χ1) is 15.5. The molecule has 0 N–H and O–H groups in total. The quantitative estimate of drug-likeness (QED) is 0.451. The van der Waals surface area contributed by atoms with E-state index in [1.807, 2.05) is 0 Å². The molecule has 4 rings (SSSR count). The topological polar surface area (TPSA) is 79.8 Å². The molecule has 0 spiro atoms. The lowest BCUT2D eigenvalue weighted by Gasteiger charge is -2.10. The van der Waals surface area contributed by atoms with Crippen LogP contribution in [0, 0.1) is 0 Å². The second-order valence-electron chi connectivity index (χ2n) is 5.50. The zero-order valence-corrected chi connectivity index (χ0v) is 16.3. The van der Waals surface area contributed by atoms with Crippen LogP contribution in [-0.4, -0.2) is 29.6 Å². The molecule has 0 unspecified atom stereocenters. The zero-order valence-electron chi connectivity index (χ0n) is 19.0. The monoisotopic (exact) mass is 465 g/mol. The lowest BCUT2D eigenvalue weighted by Crippen LogP contribution is -2.23. The van der Waals surface area contributed by atoms with Gasteiger partial charge in [-0.1, -0.05) is 33.6 Å². The molecule has 0 aliphatic rings. The molecule has 0 aliphatic carbocycles. The first-order valence-corrected chi connectivity index (χ1v) is 9.00. The lowest BCUT2D eigenvalue weighted by molar-refractivity contribution is 0.290. The second-order valence-corrected chi connectivity index (χ2v) is 6.79. The normalized spacial score (nSPS) is 14.6. The summed E-state index contributed by atoms with van der Waals surface area (Å²) in [7, 11) is 0. The fraction of sp³-hybridized carbons (Fsp3) is 0.111. The van der Waals surface area contributed by atoms with Crippen LogP contribution in [0.2, 0.25) is 5.02 Å². The van der Waals surface area contributed by atoms with Crippen LogP contribution in [0.5, 0.6) is 5.88 Å². The summed E-state index contributed by atoms with van der Waals surface area (Å²) in [5.41, 5.74) is -0.529. The molecule has 0 saturated carbocycles. The van der Waals surface area contributed by atoms with Gasteiger partial charge in [0.1, 0.15) is 6.56 Å². The van der Waals surface area contributed by atoms with Crippen LogP contribution in [0.4, 0.5) is 0 Å². The van der Waals surface area contributed by atoms with E-state index in [1.165, 1.54) is 22.9 Å². The van der Waals surface area contributed by atoms with Gasteiger partial charge < -0.3 is 4.74 Å². The third-order valence-electron chi connectivity index (χ3n) is 3.71. The van der Waals surface area contributed by atoms with Crippen LogP contribution in [-0.2, 0) is 13.5 Å². The summed E-state index contributed by atoms with van der Waals surface area (Å²) in [5, 5.41) is 11.8. The Morgan fingerprint density at radius 3 is 2.79 bits per heavy atom. The van der Waals surface area contributed by atoms with Gasteiger partial charge in [0, 0.05) is 38.4 Å². The van der Waals surface area contributed by atoms with Crippen molar-refractivity contribution < 1.29 is 11.6 Å². The highest BCUT2D eigenvalue weighted by Gasteiger charge is 2.15. The summed E-state index contributed by atoms with van der Waals surface area (Å²) >= 11 is 9.18. The van der Waals surface area contributed by atoms with Gasteiger partial charge in [-0.25, -0.2) is 9.48 Å². The van der Waals surface area contributed by atoms with Gasteiger partial charge in [0.15, 0.2) is 0 Å². The summed E-state index contributed by atoms with van der Waals surface area (Å²) in [6.45, 7) is -5.34. The van der Waals surface area contributed by atoms with Gasteiger partial charge in [-0.3, -0.25) is 0 Å². The molecule has 8 nitrogen and oxygen atoms in total. The van der Waals surface area contributed by atoms with E-state index in [0.717, 1.165) is 0 Å². The number of benzene rings is 2. The Bertz CT molecular complexity index is 1370. The first-order valence-electron chi connectivity index (χ1n) is 10.3. The number of halogens is 2. The van der Waals surface area contributed by atoms with Gasteiger partial charge in [-0.05, 0) is 46.8 Å². The minimum atomic E-state index is -2.84. The van der Waals surface area contributed by atoms with Gasteiger partial charge in [0.2, 0.25) is 5.88 Å². The molecule has 0 bridgehead atoms. The number of nitrogens with zero attached hydrogens (tertiary/aromatic N) is 6. The summed E-state index contributed by atoms with van der Waals surface area (Å²) in [6.07, 6.45) is 1.59. The number of ether oxygens (including phenoxy) is 1. The molecule has 2 aromatic heterocycles. The van der Waals surface area contributed by atoms with Crippen LogP contribution in [0.3, 0.4) is 0 Å². The number of hydrogen-bond acceptors (Lipinski definition) is 5. The number of hydrogen-bond donors (Lipinski definition) is 0. The standard InChI is InChI=1S/C18H14BrClN6O2/c1-24-18(27)26(23-22-24)16-4-2-3-15(19)14(16)11-28-17-9-10-25(21-17)13-7-5-12(20)6-8-13/h2-10H,11H2,1H3/i1D3,11D2. The van der Waals surface area contributed by atoms with Crippen molar-refractivity contribution in [1.29, 1.82) is 0 Å². The van der Waals surface area contributed by atoms with E-state index in [1.54, 1.807) is 36.5 Å². The van der Waals surface area contributed by atoms with Crippen LogP contribution in [0.1, 0.15) is 12.4 Å². The number of aryl methyl sites for hydroxylation is 1. The Kier molecular flexibility index (Phi) is 3.61. The minimum absolute atomic E-state index is 0.0323. The van der Waals surface area contributed by atoms with Crippen LogP contribution < -0.4 is 10.4 Å². The Morgan fingerprint density at radius 1 is 1.21 bits per heavy atom. The molecular weight excluding hydrogens is 448 g/mol. The maximum Gasteiger partial charge on any atom is 0.368 e. The van der Waals surface area contributed by atoms with Crippen molar-refractivity contribution in [1.82, 2.24) is 29.6 Å². The summed E-state index contributed by atoms with van der Waals surface area (Å²) < 4.78 is 47.5. The van der Waals surface area contributed by atoms with Gasteiger partial charge in [0.25, 0.3) is 0 Å². The highest BCUT2D eigenvalue weighted by Crippen LogP contribution is 2.24. The maximum atomic E-state index is 12.6. The van der Waals surface area contributed by atoms with Crippen molar-refractivity contribution in [3.05, 3.63) is 80.3 Å². The number of rotatable bonds is 5. The first kappa shape index (κ1) is 13.3. The van der Waals surface area contributed by atoms with E-state index >= 15 is 0 Å². The number of tetrazole rings is 1. The van der Waals surface area contributed by atoms with Crippen LogP contribution in [0.25, 0.3) is 11.4 Å². The molecule has 10 heteroatoms. The molecule has 0 aliphatic heterocycles. The van der Waals surface area contributed by atoms with Crippen molar-refractivity contribution in [2.75, 3.05) is 0 Å². The van der Waals surface area contributed by atoms with Crippen molar-refractivity contribution in [2.45, 2.75) is 6.56 Å². The predicted molar refractivity (Wildman–Crippen MR) is 107 cm³/mol. The third-order valence-corrected chi connectivity index (χ3v) is 4.63. The highest BCUT2D eigenvalue weighted by atomic mass is 79.9. The maximum absolute atomic E-state index is 12.6. The third kappa shape index (κ3) is 3.58. The molecule has 0 atom stereocenters. The van der Waals surface area contributed by atoms with Gasteiger partial charge in [-0.2, -0.15) is 9.36 Å². The summed E-state index contributed by atoms with van der Waals surface area (Å²) in [4.78, 5) is 12.6. The Hall–Kier alpha value is -2.91. The van der Waals surface area contributed by atoms with E-state index < -0.39 is 19.2 Å². The lowest BCUT2D eigenvalue weighted by atomic mass is 10.2. The molecule has 0 saturated heterocycles.